The molecule has 1 N–H and O–H groups in total. The predicted molar refractivity (Wildman–Crippen MR) is 78.9 cm³/mol. The molecule has 0 aliphatic heterocycles. The number of methoxy groups -OCH3 is 2. The van der Waals surface area contributed by atoms with E-state index in [0.29, 0.717) is 22.1 Å². The monoisotopic (exact) mass is 297 g/mol. The van der Waals surface area contributed by atoms with E-state index in [-0.39, 0.29) is 11.9 Å². The quantitative estimate of drug-likeness (QED) is 0.926. The van der Waals surface area contributed by atoms with Crippen molar-refractivity contribution in [3.05, 3.63) is 22.7 Å². The van der Waals surface area contributed by atoms with Gasteiger partial charge in [-0.05, 0) is 25.0 Å². The van der Waals surface area contributed by atoms with Crippen LogP contribution in [0.5, 0.6) is 11.5 Å². The molecule has 4 nitrogen and oxygen atoms in total. The second-order valence-electron chi connectivity index (χ2n) is 5.00. The van der Waals surface area contributed by atoms with Crippen molar-refractivity contribution in [3.63, 3.8) is 0 Å². The fourth-order valence-electron chi connectivity index (χ4n) is 2.56. The lowest BCUT2D eigenvalue weighted by atomic mass is 9.95. The van der Waals surface area contributed by atoms with Crippen molar-refractivity contribution in [2.45, 2.75) is 38.1 Å². The van der Waals surface area contributed by atoms with Gasteiger partial charge in [0.25, 0.3) is 5.91 Å². The number of hydrogen-bond acceptors (Lipinski definition) is 3. The summed E-state index contributed by atoms with van der Waals surface area (Å²) in [6.07, 6.45) is 5.71. The number of hydrogen-bond donors (Lipinski definition) is 1. The molecule has 5 heteroatoms. The molecule has 0 radical (unpaired) electrons. The molecule has 20 heavy (non-hydrogen) atoms. The summed E-state index contributed by atoms with van der Waals surface area (Å²) in [5.74, 6) is 0.803. The van der Waals surface area contributed by atoms with E-state index in [9.17, 15) is 4.79 Å². The van der Waals surface area contributed by atoms with Crippen molar-refractivity contribution in [3.8, 4) is 11.5 Å². The van der Waals surface area contributed by atoms with E-state index in [0.717, 1.165) is 12.8 Å². The number of halogens is 1. The highest BCUT2D eigenvalue weighted by Gasteiger charge is 2.19. The maximum atomic E-state index is 12.3. The van der Waals surface area contributed by atoms with Crippen LogP contribution in [0.4, 0.5) is 0 Å². The van der Waals surface area contributed by atoms with E-state index >= 15 is 0 Å². The van der Waals surface area contributed by atoms with Gasteiger partial charge < -0.3 is 14.8 Å². The summed E-state index contributed by atoms with van der Waals surface area (Å²) < 4.78 is 10.4. The van der Waals surface area contributed by atoms with Crippen molar-refractivity contribution in [2.75, 3.05) is 14.2 Å². The van der Waals surface area contributed by atoms with E-state index < -0.39 is 0 Å². The Bertz CT molecular complexity index is 484. The van der Waals surface area contributed by atoms with E-state index in [1.54, 1.807) is 12.1 Å². The molecule has 1 aliphatic carbocycles. The average Bonchev–Trinajstić information content (AvgIpc) is 2.47. The number of carbonyl (C=O) groups is 1. The lowest BCUT2D eigenvalue weighted by Gasteiger charge is -2.23. The number of ether oxygens (including phenoxy) is 2. The lowest BCUT2D eigenvalue weighted by Crippen LogP contribution is -2.36. The van der Waals surface area contributed by atoms with Gasteiger partial charge in [0, 0.05) is 11.6 Å². The van der Waals surface area contributed by atoms with Gasteiger partial charge in [0.15, 0.2) is 11.5 Å². The van der Waals surface area contributed by atoms with Gasteiger partial charge >= 0.3 is 0 Å². The minimum absolute atomic E-state index is 0.111. The maximum absolute atomic E-state index is 12.3. The first kappa shape index (κ1) is 15.0. The summed E-state index contributed by atoms with van der Waals surface area (Å²) in [5.41, 5.74) is 0.498. The van der Waals surface area contributed by atoms with Gasteiger partial charge in [0.2, 0.25) is 0 Å². The van der Waals surface area contributed by atoms with Crippen LogP contribution in [0.25, 0.3) is 0 Å². The third-order valence-corrected chi connectivity index (χ3v) is 3.92. The highest BCUT2D eigenvalue weighted by Crippen LogP contribution is 2.36. The van der Waals surface area contributed by atoms with Gasteiger partial charge in [-0.1, -0.05) is 30.9 Å². The Morgan fingerprint density at radius 1 is 1.20 bits per heavy atom. The molecule has 0 aromatic heterocycles. The van der Waals surface area contributed by atoms with Gasteiger partial charge in [-0.25, -0.2) is 0 Å². The number of amides is 1. The Balaban J connectivity index is 2.15. The van der Waals surface area contributed by atoms with Crippen molar-refractivity contribution in [1.82, 2.24) is 5.32 Å². The van der Waals surface area contributed by atoms with E-state index in [4.69, 9.17) is 21.1 Å². The second kappa shape index (κ2) is 6.84. The van der Waals surface area contributed by atoms with Crippen LogP contribution >= 0.6 is 11.6 Å². The number of carbonyl (C=O) groups excluding carboxylic acids is 1. The first-order valence-electron chi connectivity index (χ1n) is 6.88. The summed E-state index contributed by atoms with van der Waals surface area (Å²) in [7, 11) is 3.04. The van der Waals surface area contributed by atoms with Crippen LogP contribution in [-0.2, 0) is 0 Å². The molecule has 0 spiro atoms. The highest BCUT2D eigenvalue weighted by atomic mass is 35.5. The zero-order valence-electron chi connectivity index (χ0n) is 11.9. The summed E-state index contributed by atoms with van der Waals surface area (Å²) in [6, 6.07) is 3.53. The zero-order chi connectivity index (χ0) is 14.5. The van der Waals surface area contributed by atoms with Crippen molar-refractivity contribution in [1.29, 1.82) is 0 Å². The summed E-state index contributed by atoms with van der Waals surface area (Å²) in [5, 5.41) is 3.43. The predicted octanol–water partition coefficient (Wildman–Crippen LogP) is 3.42. The normalized spacial score (nSPS) is 15.8. The third kappa shape index (κ3) is 3.37. The molecule has 0 atom stereocenters. The molecule has 0 bridgehead atoms. The van der Waals surface area contributed by atoms with Gasteiger partial charge in [-0.15, -0.1) is 0 Å². The molecule has 0 heterocycles. The standard InChI is InChI=1S/C15H20ClNO3/c1-19-13-9-10(8-12(16)14(13)20-2)15(18)17-11-6-4-3-5-7-11/h8-9,11H,3-7H2,1-2H3,(H,17,18). The van der Waals surface area contributed by atoms with Gasteiger partial charge in [0.1, 0.15) is 0 Å². The fourth-order valence-corrected chi connectivity index (χ4v) is 2.85. The third-order valence-electron chi connectivity index (χ3n) is 3.64. The maximum Gasteiger partial charge on any atom is 0.251 e. The minimum atomic E-state index is -0.111. The van der Waals surface area contributed by atoms with Crippen LogP contribution in [0.3, 0.4) is 0 Å². The molecular weight excluding hydrogens is 278 g/mol. The minimum Gasteiger partial charge on any atom is -0.493 e. The molecule has 1 aromatic rings. The molecule has 1 aromatic carbocycles. The molecule has 1 amide bonds. The summed E-state index contributed by atoms with van der Waals surface area (Å²) in [4.78, 5) is 12.3. The number of nitrogens with one attached hydrogen (secondary N) is 1. The molecule has 0 saturated heterocycles. The van der Waals surface area contributed by atoms with Gasteiger partial charge in [0.05, 0.1) is 19.2 Å². The lowest BCUT2D eigenvalue weighted by molar-refractivity contribution is 0.0927. The zero-order valence-corrected chi connectivity index (χ0v) is 12.6. The van der Waals surface area contributed by atoms with E-state index in [2.05, 4.69) is 5.32 Å². The molecule has 1 aliphatic rings. The first-order valence-corrected chi connectivity index (χ1v) is 7.26. The van der Waals surface area contributed by atoms with Crippen molar-refractivity contribution < 1.29 is 14.3 Å². The van der Waals surface area contributed by atoms with Crippen molar-refractivity contribution in [2.24, 2.45) is 0 Å². The van der Waals surface area contributed by atoms with E-state index in [1.165, 1.54) is 33.5 Å². The SMILES string of the molecule is COc1cc(C(=O)NC2CCCCC2)cc(Cl)c1OC. The van der Waals surface area contributed by atoms with Crippen LogP contribution < -0.4 is 14.8 Å². The molecular formula is C15H20ClNO3. The molecule has 1 saturated carbocycles. The summed E-state index contributed by atoms with van der Waals surface area (Å²) >= 11 is 6.12. The first-order chi connectivity index (χ1) is 9.65. The Labute approximate surface area is 124 Å². The Hall–Kier alpha value is -1.42. The smallest absolute Gasteiger partial charge is 0.251 e. The van der Waals surface area contributed by atoms with Crippen LogP contribution in [0.2, 0.25) is 5.02 Å². The molecule has 2 rings (SSSR count). The van der Waals surface area contributed by atoms with Gasteiger partial charge in [-0.3, -0.25) is 4.79 Å². The second-order valence-corrected chi connectivity index (χ2v) is 5.41. The molecule has 110 valence electrons. The summed E-state index contributed by atoms with van der Waals surface area (Å²) in [6.45, 7) is 0. The Morgan fingerprint density at radius 3 is 2.50 bits per heavy atom. The van der Waals surface area contributed by atoms with Crippen molar-refractivity contribution >= 4 is 17.5 Å². The molecule has 0 unspecified atom stereocenters. The van der Waals surface area contributed by atoms with Crippen LogP contribution in [0, 0.1) is 0 Å². The number of rotatable bonds is 4. The number of benzene rings is 1. The van der Waals surface area contributed by atoms with E-state index in [1.807, 2.05) is 0 Å². The van der Waals surface area contributed by atoms with Gasteiger partial charge in [-0.2, -0.15) is 0 Å². The average molecular weight is 298 g/mol. The highest BCUT2D eigenvalue weighted by molar-refractivity contribution is 6.32. The topological polar surface area (TPSA) is 47.6 Å². The van der Waals surface area contributed by atoms with Crippen LogP contribution in [-0.4, -0.2) is 26.2 Å². The molecule has 1 fully saturated rings. The Kier molecular flexibility index (Phi) is 5.12. The Morgan fingerprint density at radius 2 is 1.90 bits per heavy atom. The van der Waals surface area contributed by atoms with Crippen LogP contribution in [0.15, 0.2) is 12.1 Å². The fraction of sp³-hybridized carbons (Fsp3) is 0.533. The largest absolute Gasteiger partial charge is 0.493 e. The van der Waals surface area contributed by atoms with Crippen LogP contribution in [0.1, 0.15) is 42.5 Å².